The number of hydrogen-bond donors (Lipinski definition) is 1. The largest absolute Gasteiger partial charge is 0.465 e. The standard InChI is InChI=1S/C18H14N2O3/c1-23-18(22)13-7-4-8-15(9-13)20-17(21)16-10-12-5-2-3-6-14(12)11-19-16/h2-11H,1H3,(H,20,21). The molecule has 1 heterocycles. The molecule has 2 aromatic carbocycles. The van der Waals surface area contributed by atoms with Gasteiger partial charge in [0.2, 0.25) is 0 Å². The molecule has 1 amide bonds. The first-order valence-corrected chi connectivity index (χ1v) is 7.02. The number of amides is 1. The molecule has 3 aromatic rings. The van der Waals surface area contributed by atoms with Crippen molar-refractivity contribution in [2.24, 2.45) is 0 Å². The lowest BCUT2D eigenvalue weighted by Gasteiger charge is -2.07. The Morgan fingerprint density at radius 1 is 1.00 bits per heavy atom. The number of hydrogen-bond acceptors (Lipinski definition) is 4. The third-order valence-corrected chi connectivity index (χ3v) is 3.41. The zero-order chi connectivity index (χ0) is 16.2. The number of ether oxygens (including phenoxy) is 1. The summed E-state index contributed by atoms with van der Waals surface area (Å²) in [4.78, 5) is 28.0. The van der Waals surface area contributed by atoms with Gasteiger partial charge in [-0.2, -0.15) is 0 Å². The molecule has 0 saturated carbocycles. The van der Waals surface area contributed by atoms with E-state index in [1.165, 1.54) is 7.11 Å². The lowest BCUT2D eigenvalue weighted by molar-refractivity contribution is 0.0600. The van der Waals surface area contributed by atoms with E-state index in [2.05, 4.69) is 15.0 Å². The third kappa shape index (κ3) is 3.18. The summed E-state index contributed by atoms with van der Waals surface area (Å²) in [5.41, 5.74) is 1.19. The minimum atomic E-state index is -0.454. The molecule has 1 aromatic heterocycles. The molecule has 0 bridgehead atoms. The fraction of sp³-hybridized carbons (Fsp3) is 0.0556. The van der Waals surface area contributed by atoms with Crippen LogP contribution in [0.15, 0.2) is 60.8 Å². The number of nitrogens with one attached hydrogen (secondary N) is 1. The Bertz CT molecular complexity index is 890. The van der Waals surface area contributed by atoms with Gasteiger partial charge in [-0.1, -0.05) is 30.3 Å². The predicted molar refractivity (Wildman–Crippen MR) is 87.5 cm³/mol. The van der Waals surface area contributed by atoms with Gasteiger partial charge < -0.3 is 10.1 Å². The molecule has 0 unspecified atom stereocenters. The van der Waals surface area contributed by atoms with Crippen molar-refractivity contribution < 1.29 is 14.3 Å². The summed E-state index contributed by atoms with van der Waals surface area (Å²) >= 11 is 0. The van der Waals surface area contributed by atoms with Gasteiger partial charge in [-0.15, -0.1) is 0 Å². The predicted octanol–water partition coefficient (Wildman–Crippen LogP) is 3.27. The molecule has 0 aliphatic heterocycles. The maximum Gasteiger partial charge on any atom is 0.337 e. The number of esters is 1. The van der Waals surface area contributed by atoms with Crippen molar-refractivity contribution in [2.45, 2.75) is 0 Å². The monoisotopic (exact) mass is 306 g/mol. The molecule has 0 aliphatic carbocycles. The van der Waals surface area contributed by atoms with E-state index in [1.807, 2.05) is 24.3 Å². The molecule has 0 spiro atoms. The SMILES string of the molecule is COC(=O)c1cccc(NC(=O)c2cc3ccccc3cn2)c1. The highest BCUT2D eigenvalue weighted by molar-refractivity contribution is 6.05. The van der Waals surface area contributed by atoms with E-state index in [1.54, 1.807) is 36.5 Å². The van der Waals surface area contributed by atoms with Crippen molar-refractivity contribution in [1.29, 1.82) is 0 Å². The number of nitrogens with zero attached hydrogens (tertiary/aromatic N) is 1. The molecule has 0 aliphatic rings. The summed E-state index contributed by atoms with van der Waals surface area (Å²) in [6.07, 6.45) is 1.66. The molecule has 1 N–H and O–H groups in total. The van der Waals surface area contributed by atoms with Gasteiger partial charge in [-0.3, -0.25) is 9.78 Å². The van der Waals surface area contributed by atoms with E-state index < -0.39 is 5.97 Å². The molecule has 0 radical (unpaired) electrons. The van der Waals surface area contributed by atoms with Crippen LogP contribution in [0.1, 0.15) is 20.8 Å². The smallest absolute Gasteiger partial charge is 0.337 e. The van der Waals surface area contributed by atoms with Crippen molar-refractivity contribution >= 4 is 28.3 Å². The van der Waals surface area contributed by atoms with Gasteiger partial charge in [-0.25, -0.2) is 4.79 Å². The van der Waals surface area contributed by atoms with Gasteiger partial charge in [0.25, 0.3) is 5.91 Å². The van der Waals surface area contributed by atoms with Gasteiger partial charge in [-0.05, 0) is 29.7 Å². The second-order valence-corrected chi connectivity index (χ2v) is 4.94. The summed E-state index contributed by atoms with van der Waals surface area (Å²) < 4.78 is 4.67. The maximum atomic E-state index is 12.3. The number of rotatable bonds is 3. The van der Waals surface area contributed by atoms with Crippen LogP contribution < -0.4 is 5.32 Å². The minimum Gasteiger partial charge on any atom is -0.465 e. The number of benzene rings is 2. The molecule has 5 nitrogen and oxygen atoms in total. The van der Waals surface area contributed by atoms with E-state index >= 15 is 0 Å². The number of carbonyl (C=O) groups is 2. The van der Waals surface area contributed by atoms with Gasteiger partial charge in [0.1, 0.15) is 5.69 Å². The van der Waals surface area contributed by atoms with Crippen LogP contribution in [0, 0.1) is 0 Å². The Morgan fingerprint density at radius 3 is 2.57 bits per heavy atom. The first kappa shape index (κ1) is 14.7. The van der Waals surface area contributed by atoms with Crippen molar-refractivity contribution in [2.75, 3.05) is 12.4 Å². The summed E-state index contributed by atoms with van der Waals surface area (Å²) in [5, 5.41) is 4.64. The normalized spacial score (nSPS) is 10.3. The minimum absolute atomic E-state index is 0.312. The van der Waals surface area contributed by atoms with Crippen LogP contribution in [0.3, 0.4) is 0 Å². The summed E-state index contributed by atoms with van der Waals surface area (Å²) in [7, 11) is 1.31. The lowest BCUT2D eigenvalue weighted by Crippen LogP contribution is -2.14. The fourth-order valence-corrected chi connectivity index (χ4v) is 2.24. The number of aromatic nitrogens is 1. The average Bonchev–Trinajstić information content (AvgIpc) is 2.60. The molecular weight excluding hydrogens is 292 g/mol. The molecule has 0 saturated heterocycles. The zero-order valence-electron chi connectivity index (χ0n) is 12.4. The molecule has 5 heteroatoms. The van der Waals surface area contributed by atoms with Gasteiger partial charge in [0.15, 0.2) is 0 Å². The summed E-state index contributed by atoms with van der Waals surface area (Å²) in [6, 6.07) is 16.0. The Morgan fingerprint density at radius 2 is 1.78 bits per heavy atom. The van der Waals surface area contributed by atoms with Gasteiger partial charge >= 0.3 is 5.97 Å². The average molecular weight is 306 g/mol. The maximum absolute atomic E-state index is 12.3. The highest BCUT2D eigenvalue weighted by Crippen LogP contribution is 2.16. The van der Waals surface area contributed by atoms with Gasteiger partial charge in [0.05, 0.1) is 12.7 Å². The second kappa shape index (κ2) is 6.27. The highest BCUT2D eigenvalue weighted by Gasteiger charge is 2.11. The number of anilines is 1. The molecule has 3 rings (SSSR count). The van der Waals surface area contributed by atoms with Crippen LogP contribution in [-0.2, 0) is 4.74 Å². The summed E-state index contributed by atoms with van der Waals surface area (Å²) in [5.74, 6) is -0.789. The number of methoxy groups -OCH3 is 1. The second-order valence-electron chi connectivity index (χ2n) is 4.94. The first-order chi connectivity index (χ1) is 11.2. The third-order valence-electron chi connectivity index (χ3n) is 3.41. The topological polar surface area (TPSA) is 68.3 Å². The van der Waals surface area contributed by atoms with E-state index in [4.69, 9.17) is 0 Å². The Labute approximate surface area is 132 Å². The van der Waals surface area contributed by atoms with E-state index in [9.17, 15) is 9.59 Å². The van der Waals surface area contributed by atoms with E-state index in [-0.39, 0.29) is 5.91 Å². The zero-order valence-corrected chi connectivity index (χ0v) is 12.4. The van der Waals surface area contributed by atoms with E-state index in [0.29, 0.717) is 16.9 Å². The molecule has 23 heavy (non-hydrogen) atoms. The van der Waals surface area contributed by atoms with Gasteiger partial charge in [0, 0.05) is 17.3 Å². The Balaban J connectivity index is 1.84. The molecule has 114 valence electrons. The van der Waals surface area contributed by atoms with Crippen molar-refractivity contribution in [3.05, 3.63) is 72.1 Å². The van der Waals surface area contributed by atoms with Crippen molar-refractivity contribution in [3.63, 3.8) is 0 Å². The first-order valence-electron chi connectivity index (χ1n) is 7.02. The Kier molecular flexibility index (Phi) is 4.01. The molecule has 0 fully saturated rings. The number of carbonyl (C=O) groups excluding carboxylic acids is 2. The van der Waals surface area contributed by atoms with Crippen LogP contribution in [0.5, 0.6) is 0 Å². The van der Waals surface area contributed by atoms with E-state index in [0.717, 1.165) is 10.8 Å². The quantitative estimate of drug-likeness (QED) is 0.754. The van der Waals surface area contributed by atoms with Crippen LogP contribution in [0.4, 0.5) is 5.69 Å². The number of fused-ring (bicyclic) bond motifs is 1. The summed E-state index contributed by atoms with van der Waals surface area (Å²) in [6.45, 7) is 0. The highest BCUT2D eigenvalue weighted by atomic mass is 16.5. The number of pyridine rings is 1. The molecule has 0 atom stereocenters. The van der Waals surface area contributed by atoms with Crippen LogP contribution in [0.25, 0.3) is 10.8 Å². The van der Waals surface area contributed by atoms with Crippen LogP contribution in [-0.4, -0.2) is 24.0 Å². The van der Waals surface area contributed by atoms with Crippen molar-refractivity contribution in [1.82, 2.24) is 4.98 Å². The molecular formula is C18H14N2O3. The fourth-order valence-electron chi connectivity index (χ4n) is 2.24. The van der Waals surface area contributed by atoms with Crippen LogP contribution in [0.2, 0.25) is 0 Å². The van der Waals surface area contributed by atoms with Crippen LogP contribution >= 0.6 is 0 Å². The van der Waals surface area contributed by atoms with Crippen molar-refractivity contribution in [3.8, 4) is 0 Å². The Hall–Kier alpha value is -3.21. The lowest BCUT2D eigenvalue weighted by atomic mass is 10.1.